The van der Waals surface area contributed by atoms with Crippen molar-refractivity contribution < 1.29 is 23.8 Å². The Kier molecular flexibility index (Phi) is 10.2. The van der Waals surface area contributed by atoms with Gasteiger partial charge in [0.25, 0.3) is 5.91 Å². The maximum Gasteiger partial charge on any atom is 0.338 e. The second-order valence-corrected chi connectivity index (χ2v) is 10.6. The average Bonchev–Trinajstić information content (AvgIpc) is 3.06. The van der Waals surface area contributed by atoms with Gasteiger partial charge in [-0.05, 0) is 55.0 Å². The molecule has 10 nitrogen and oxygen atoms in total. The highest BCUT2D eigenvalue weighted by Crippen LogP contribution is 2.33. The number of hydrogen-bond donors (Lipinski definition) is 3. The predicted molar refractivity (Wildman–Crippen MR) is 178 cm³/mol. The number of benzene rings is 4. The second-order valence-electron chi connectivity index (χ2n) is 10.2. The third-order valence-corrected chi connectivity index (χ3v) is 7.41. The van der Waals surface area contributed by atoms with Crippen molar-refractivity contribution in [3.8, 4) is 17.6 Å². The number of nitriles is 1. The Morgan fingerprint density at radius 1 is 1.00 bits per heavy atom. The zero-order valence-electron chi connectivity index (χ0n) is 25.2. The van der Waals surface area contributed by atoms with Gasteiger partial charge in [-0.15, -0.1) is 0 Å². The lowest BCUT2D eigenvalue weighted by Gasteiger charge is -2.30. The summed E-state index contributed by atoms with van der Waals surface area (Å²) in [5.41, 5.74) is 6.03. The number of rotatable bonds is 11. The van der Waals surface area contributed by atoms with Crippen molar-refractivity contribution in [3.63, 3.8) is 0 Å². The molecule has 4 aromatic rings. The van der Waals surface area contributed by atoms with Gasteiger partial charge in [-0.1, -0.05) is 66.7 Å². The van der Waals surface area contributed by atoms with Gasteiger partial charge in [0, 0.05) is 22.4 Å². The number of hydrazone groups is 1. The highest BCUT2D eigenvalue weighted by Gasteiger charge is 2.32. The molecule has 1 atom stereocenters. The van der Waals surface area contributed by atoms with Gasteiger partial charge in [0.05, 0.1) is 36.1 Å². The molecule has 0 radical (unpaired) electrons. The smallest absolute Gasteiger partial charge is 0.338 e. The third-order valence-electron chi connectivity index (χ3n) is 7.19. The summed E-state index contributed by atoms with van der Waals surface area (Å²) in [6, 6.07) is 27.4. The molecule has 4 aromatic carbocycles. The number of carbonyl (C=O) groups excluding carboxylic acids is 2. The minimum absolute atomic E-state index is 0.186. The first-order chi connectivity index (χ1) is 22.4. The van der Waals surface area contributed by atoms with Crippen LogP contribution in [0.1, 0.15) is 42.1 Å². The Labute approximate surface area is 271 Å². The number of allylic oxidation sites excluding steroid dienone is 1. The first kappa shape index (κ1) is 31.7. The Morgan fingerprint density at radius 2 is 1.76 bits per heavy atom. The number of nitrogens with one attached hydrogen (secondary N) is 3. The Morgan fingerprint density at radius 3 is 2.59 bits per heavy atom. The van der Waals surface area contributed by atoms with Crippen LogP contribution < -0.4 is 25.5 Å². The fourth-order valence-corrected chi connectivity index (χ4v) is 5.32. The maximum absolute atomic E-state index is 12.8. The highest BCUT2D eigenvalue weighted by molar-refractivity contribution is 7.80. The van der Waals surface area contributed by atoms with Gasteiger partial charge in [-0.3, -0.25) is 4.79 Å². The van der Waals surface area contributed by atoms with Crippen LogP contribution in [0.15, 0.2) is 101 Å². The SMILES string of the molecule is CCOC(=O)C1=C(C)NC(=S)N[C@H]1c1ccccc1OCC(=O)NN=Cc1c(OCc2ccccc2C#N)ccc2ccccc12. The largest absolute Gasteiger partial charge is 0.488 e. The maximum atomic E-state index is 12.8. The standard InChI is InChI=1S/C35H31N5O5S/c1-3-43-34(42)32-22(2)38-35(46)39-33(32)27-14-8-9-15-29(27)45-21-31(41)40-37-19-28-26-13-7-6-10-23(26)16-17-30(28)44-20-25-12-5-4-11-24(25)18-36/h4-17,19,33H,3,20-21H2,1-2H3,(H,40,41)(H2,38,39,46)/t33-/m0/s1. The summed E-state index contributed by atoms with van der Waals surface area (Å²) in [7, 11) is 0. The number of carbonyl (C=O) groups is 2. The van der Waals surface area contributed by atoms with Gasteiger partial charge < -0.3 is 24.8 Å². The van der Waals surface area contributed by atoms with Crippen LogP contribution in [0, 0.1) is 11.3 Å². The summed E-state index contributed by atoms with van der Waals surface area (Å²) in [6.07, 6.45) is 1.53. The molecule has 0 spiro atoms. The summed E-state index contributed by atoms with van der Waals surface area (Å²) in [4.78, 5) is 25.7. The fraction of sp³-hybridized carbons (Fsp3) is 0.171. The van der Waals surface area contributed by atoms with Crippen LogP contribution in [0.3, 0.4) is 0 Å². The highest BCUT2D eigenvalue weighted by atomic mass is 32.1. The quantitative estimate of drug-likeness (QED) is 0.0885. The summed E-state index contributed by atoms with van der Waals surface area (Å²) in [5.74, 6) is -0.0492. The average molecular weight is 634 g/mol. The number of hydrogen-bond acceptors (Lipinski definition) is 8. The van der Waals surface area contributed by atoms with E-state index in [1.54, 1.807) is 50.2 Å². The summed E-state index contributed by atoms with van der Waals surface area (Å²) < 4.78 is 17.3. The van der Waals surface area contributed by atoms with E-state index in [0.29, 0.717) is 44.6 Å². The first-order valence-electron chi connectivity index (χ1n) is 14.5. The van der Waals surface area contributed by atoms with Crippen molar-refractivity contribution in [2.45, 2.75) is 26.5 Å². The molecule has 5 rings (SSSR count). The molecule has 232 valence electrons. The van der Waals surface area contributed by atoms with Crippen LogP contribution in [-0.2, 0) is 20.9 Å². The molecule has 0 unspecified atom stereocenters. The number of amides is 1. The molecule has 0 aromatic heterocycles. The zero-order valence-corrected chi connectivity index (χ0v) is 26.0. The van der Waals surface area contributed by atoms with E-state index in [9.17, 15) is 14.9 Å². The van der Waals surface area contributed by atoms with Gasteiger partial charge in [0.1, 0.15) is 18.1 Å². The van der Waals surface area contributed by atoms with Crippen LogP contribution >= 0.6 is 12.2 Å². The molecule has 1 aliphatic heterocycles. The first-order valence-corrected chi connectivity index (χ1v) is 14.9. The van der Waals surface area contributed by atoms with Crippen molar-refractivity contribution in [1.29, 1.82) is 5.26 Å². The molecule has 0 saturated carbocycles. The molecule has 1 amide bonds. The molecule has 1 aliphatic rings. The Bertz CT molecular complexity index is 1900. The van der Waals surface area contributed by atoms with Crippen molar-refractivity contribution in [2.24, 2.45) is 5.10 Å². The molecule has 0 aliphatic carbocycles. The number of ether oxygens (including phenoxy) is 3. The van der Waals surface area contributed by atoms with Gasteiger partial charge in [-0.2, -0.15) is 10.4 Å². The lowest BCUT2D eigenvalue weighted by atomic mass is 9.95. The van der Waals surface area contributed by atoms with Crippen LogP contribution in [0.2, 0.25) is 0 Å². The molecular formula is C35H31N5O5S. The van der Waals surface area contributed by atoms with Gasteiger partial charge in [-0.25, -0.2) is 10.2 Å². The normalized spacial score (nSPS) is 14.3. The van der Waals surface area contributed by atoms with Crippen LogP contribution in [0.25, 0.3) is 10.8 Å². The van der Waals surface area contributed by atoms with Crippen molar-refractivity contribution in [2.75, 3.05) is 13.2 Å². The molecule has 0 fully saturated rings. The Hall–Kier alpha value is -5.73. The monoisotopic (exact) mass is 633 g/mol. The van der Waals surface area contributed by atoms with Gasteiger partial charge >= 0.3 is 5.97 Å². The van der Waals surface area contributed by atoms with E-state index in [-0.39, 0.29) is 19.8 Å². The second kappa shape index (κ2) is 14.8. The number of fused-ring (bicyclic) bond motifs is 1. The molecular weight excluding hydrogens is 602 g/mol. The molecule has 0 bridgehead atoms. The van der Waals surface area contributed by atoms with Crippen molar-refractivity contribution in [3.05, 3.63) is 118 Å². The zero-order chi connectivity index (χ0) is 32.5. The third kappa shape index (κ3) is 7.31. The van der Waals surface area contributed by atoms with Crippen LogP contribution in [0.5, 0.6) is 11.5 Å². The number of esters is 1. The molecule has 0 saturated heterocycles. The molecule has 3 N–H and O–H groups in total. The lowest BCUT2D eigenvalue weighted by molar-refractivity contribution is -0.139. The van der Waals surface area contributed by atoms with Crippen LogP contribution in [-0.4, -0.2) is 36.4 Å². The number of thiocarbonyl (C=S) groups is 1. The summed E-state index contributed by atoms with van der Waals surface area (Å²) >= 11 is 5.34. The molecule has 1 heterocycles. The lowest BCUT2D eigenvalue weighted by Crippen LogP contribution is -2.45. The van der Waals surface area contributed by atoms with Gasteiger partial charge in [0.15, 0.2) is 11.7 Å². The van der Waals surface area contributed by atoms with Crippen molar-refractivity contribution >= 4 is 46.2 Å². The predicted octanol–water partition coefficient (Wildman–Crippen LogP) is 5.18. The minimum Gasteiger partial charge on any atom is -0.488 e. The van der Waals surface area contributed by atoms with Crippen LogP contribution in [0.4, 0.5) is 0 Å². The van der Waals surface area contributed by atoms with E-state index in [0.717, 1.165) is 16.3 Å². The number of nitrogens with zero attached hydrogens (tertiary/aromatic N) is 2. The van der Waals surface area contributed by atoms with Crippen molar-refractivity contribution in [1.82, 2.24) is 16.1 Å². The van der Waals surface area contributed by atoms with Gasteiger partial charge in [0.2, 0.25) is 0 Å². The molecule has 11 heteroatoms. The Balaban J connectivity index is 1.30. The van der Waals surface area contributed by atoms with E-state index in [4.69, 9.17) is 26.4 Å². The molecule has 46 heavy (non-hydrogen) atoms. The summed E-state index contributed by atoms with van der Waals surface area (Å²) in [6.45, 7) is 3.54. The minimum atomic E-state index is -0.644. The van der Waals surface area contributed by atoms with E-state index in [2.05, 4.69) is 27.2 Å². The van der Waals surface area contributed by atoms with E-state index in [1.165, 1.54) is 6.21 Å². The summed E-state index contributed by atoms with van der Waals surface area (Å²) in [5, 5.41) is 21.9. The van der Waals surface area contributed by atoms with E-state index in [1.807, 2.05) is 48.5 Å². The topological polar surface area (TPSA) is 134 Å². The fourth-order valence-electron chi connectivity index (χ4n) is 5.05. The van der Waals surface area contributed by atoms with E-state index >= 15 is 0 Å². The van der Waals surface area contributed by atoms with E-state index < -0.39 is 17.9 Å². The number of para-hydroxylation sites is 1.